The number of halogens is 2. The van der Waals surface area contributed by atoms with Gasteiger partial charge in [-0.2, -0.15) is 0 Å². The van der Waals surface area contributed by atoms with Crippen LogP contribution >= 0.6 is 35.8 Å². The largest absolute Gasteiger partial charge is 0.399 e. The maximum atomic E-state index is 11.6. The topological polar surface area (TPSA) is 80.0 Å². The van der Waals surface area contributed by atoms with E-state index in [1.165, 1.54) is 0 Å². The number of rotatable bonds is 3. The van der Waals surface area contributed by atoms with Crippen molar-refractivity contribution in [3.8, 4) is 0 Å². The average Bonchev–Trinajstić information content (AvgIpc) is 2.67. The summed E-state index contributed by atoms with van der Waals surface area (Å²) >= 11 is 15.3. The van der Waals surface area contributed by atoms with Crippen LogP contribution in [0.25, 0.3) is 0 Å². The van der Waals surface area contributed by atoms with Gasteiger partial charge in [0.05, 0.1) is 5.02 Å². The summed E-state index contributed by atoms with van der Waals surface area (Å²) in [6.45, 7) is 0.439. The first-order valence-electron chi connectivity index (χ1n) is 7.87. The fourth-order valence-corrected chi connectivity index (χ4v) is 2.46. The summed E-state index contributed by atoms with van der Waals surface area (Å²) in [6.07, 6.45) is 3.40. The lowest BCUT2D eigenvalue weighted by molar-refractivity contribution is 0.251. The monoisotopic (exact) mass is 420 g/mol. The number of nitrogens with one attached hydrogen (secondary N) is 2. The summed E-state index contributed by atoms with van der Waals surface area (Å²) in [4.78, 5) is 16.3. The van der Waals surface area contributed by atoms with Gasteiger partial charge in [-0.1, -0.05) is 29.3 Å². The van der Waals surface area contributed by atoms with Crippen molar-refractivity contribution in [2.45, 2.75) is 11.4 Å². The van der Waals surface area contributed by atoms with Gasteiger partial charge in [0.25, 0.3) is 0 Å². The Morgan fingerprint density at radius 2 is 1.85 bits per heavy atom. The van der Waals surface area contributed by atoms with Gasteiger partial charge in [0.15, 0.2) is 0 Å². The molecule has 0 spiro atoms. The summed E-state index contributed by atoms with van der Waals surface area (Å²) < 4.78 is 0. The van der Waals surface area contributed by atoms with Gasteiger partial charge in [-0.15, -0.1) is 12.6 Å². The van der Waals surface area contributed by atoms with Crippen molar-refractivity contribution in [2.24, 2.45) is 0 Å². The molecule has 2 amide bonds. The van der Waals surface area contributed by atoms with Gasteiger partial charge in [0.1, 0.15) is 0 Å². The van der Waals surface area contributed by atoms with Crippen LogP contribution in [0.1, 0.15) is 5.56 Å². The molecule has 0 atom stereocenters. The number of carbonyl (C=O) groups is 1. The summed E-state index contributed by atoms with van der Waals surface area (Å²) in [5, 5.41) is 6.68. The highest BCUT2D eigenvalue weighted by Crippen LogP contribution is 2.23. The molecule has 0 unspecified atom stereocenters. The van der Waals surface area contributed by atoms with Crippen LogP contribution in [0.15, 0.2) is 71.9 Å². The number of aromatic nitrogens is 1. The van der Waals surface area contributed by atoms with E-state index in [1.807, 2.05) is 12.1 Å². The minimum atomic E-state index is -0.261. The summed E-state index contributed by atoms with van der Waals surface area (Å²) in [5.41, 5.74) is 7.87. The van der Waals surface area contributed by atoms with Crippen LogP contribution in [0.2, 0.25) is 10.0 Å². The molecular weight excluding hydrogens is 403 g/mol. The fourth-order valence-electron chi connectivity index (χ4n) is 1.91. The van der Waals surface area contributed by atoms with Crippen LogP contribution in [0.5, 0.6) is 0 Å². The number of hydrogen-bond acceptors (Lipinski definition) is 4. The van der Waals surface area contributed by atoms with Crippen LogP contribution in [0.3, 0.4) is 0 Å². The van der Waals surface area contributed by atoms with Crippen LogP contribution in [-0.2, 0) is 6.54 Å². The highest BCUT2D eigenvalue weighted by atomic mass is 35.5. The van der Waals surface area contributed by atoms with Gasteiger partial charge in [0.2, 0.25) is 0 Å². The van der Waals surface area contributed by atoms with Crippen LogP contribution in [0, 0.1) is 0 Å². The second-order valence-electron chi connectivity index (χ2n) is 5.39. The van der Waals surface area contributed by atoms with Gasteiger partial charge < -0.3 is 16.4 Å². The molecule has 0 aliphatic rings. The fraction of sp³-hybridized carbons (Fsp3) is 0.0526. The lowest BCUT2D eigenvalue weighted by Crippen LogP contribution is -2.28. The second-order valence-corrected chi connectivity index (χ2v) is 6.71. The summed E-state index contributed by atoms with van der Waals surface area (Å²) in [6, 6.07) is 15.6. The maximum absolute atomic E-state index is 11.6. The Bertz CT molecular complexity index is 877. The zero-order chi connectivity index (χ0) is 19.6. The van der Waals surface area contributed by atoms with E-state index in [-0.39, 0.29) is 6.03 Å². The molecule has 0 saturated heterocycles. The first kappa shape index (κ1) is 20.9. The maximum Gasteiger partial charge on any atom is 0.319 e. The highest BCUT2D eigenvalue weighted by Gasteiger charge is 2.01. The molecule has 0 aliphatic heterocycles. The van der Waals surface area contributed by atoms with Crippen molar-refractivity contribution in [1.82, 2.24) is 10.3 Å². The van der Waals surface area contributed by atoms with Crippen molar-refractivity contribution in [2.75, 3.05) is 11.1 Å². The van der Waals surface area contributed by atoms with Crippen molar-refractivity contribution >= 4 is 53.2 Å². The quantitative estimate of drug-likeness (QED) is 0.344. The van der Waals surface area contributed by atoms with E-state index >= 15 is 0 Å². The average molecular weight is 421 g/mol. The Kier molecular flexibility index (Phi) is 8.26. The number of carbonyl (C=O) groups excluding carboxylic acids is 1. The van der Waals surface area contributed by atoms with E-state index in [0.29, 0.717) is 28.0 Å². The zero-order valence-corrected chi connectivity index (χ0v) is 16.6. The second kappa shape index (κ2) is 10.7. The molecule has 0 radical (unpaired) electrons. The van der Waals surface area contributed by atoms with E-state index in [4.69, 9.17) is 28.9 Å². The van der Waals surface area contributed by atoms with Crippen LogP contribution < -0.4 is 16.4 Å². The zero-order valence-electron chi connectivity index (χ0n) is 14.2. The van der Waals surface area contributed by atoms with Crippen molar-refractivity contribution in [3.05, 3.63) is 82.6 Å². The molecule has 3 rings (SSSR count). The SMILES string of the molecule is Nc1ccc(NC(=O)NCc2cccnc2)cc1.Sc1ccc(Cl)cc1Cl. The Morgan fingerprint density at radius 1 is 1.11 bits per heavy atom. The normalized spacial score (nSPS) is 9.74. The van der Waals surface area contributed by atoms with E-state index in [1.54, 1.807) is 54.9 Å². The lowest BCUT2D eigenvalue weighted by atomic mass is 10.3. The summed E-state index contributed by atoms with van der Waals surface area (Å²) in [5.74, 6) is 0. The molecule has 0 saturated carbocycles. The van der Waals surface area contributed by atoms with E-state index < -0.39 is 0 Å². The van der Waals surface area contributed by atoms with E-state index in [0.717, 1.165) is 10.5 Å². The molecule has 0 fully saturated rings. The molecular formula is C19H18Cl2N4OS. The third kappa shape index (κ3) is 7.78. The van der Waals surface area contributed by atoms with Gasteiger partial charge in [-0.3, -0.25) is 4.98 Å². The van der Waals surface area contributed by atoms with Crippen molar-refractivity contribution in [3.63, 3.8) is 0 Å². The molecule has 27 heavy (non-hydrogen) atoms. The Hall–Kier alpha value is -2.41. The number of amides is 2. The predicted molar refractivity (Wildman–Crippen MR) is 115 cm³/mol. The standard InChI is InChI=1S/C13H14N4O.C6H4Cl2S/c14-11-3-5-12(6-4-11)17-13(18)16-9-10-2-1-7-15-8-10;7-4-1-2-6(9)5(8)3-4/h1-8H,9,14H2,(H2,16,17,18);1-3,9H. The third-order valence-corrected chi connectivity index (χ3v) is 4.32. The molecule has 140 valence electrons. The van der Waals surface area contributed by atoms with Crippen molar-refractivity contribution < 1.29 is 4.79 Å². The first-order valence-corrected chi connectivity index (χ1v) is 9.07. The molecule has 8 heteroatoms. The Morgan fingerprint density at radius 3 is 2.44 bits per heavy atom. The number of hydrogen-bond donors (Lipinski definition) is 4. The number of thiol groups is 1. The highest BCUT2D eigenvalue weighted by molar-refractivity contribution is 7.80. The molecule has 2 aromatic carbocycles. The number of anilines is 2. The molecule has 1 aromatic heterocycles. The Labute approximate surface area is 173 Å². The number of benzene rings is 2. The molecule has 5 nitrogen and oxygen atoms in total. The number of urea groups is 1. The van der Waals surface area contributed by atoms with Gasteiger partial charge in [-0.25, -0.2) is 4.79 Å². The molecule has 0 bridgehead atoms. The lowest BCUT2D eigenvalue weighted by Gasteiger charge is -2.07. The Balaban J connectivity index is 0.000000244. The van der Waals surface area contributed by atoms with Gasteiger partial charge in [0, 0.05) is 40.2 Å². The smallest absolute Gasteiger partial charge is 0.319 e. The number of pyridine rings is 1. The van der Waals surface area contributed by atoms with E-state index in [9.17, 15) is 4.79 Å². The predicted octanol–water partition coefficient (Wildman–Crippen LogP) is 5.27. The molecule has 4 N–H and O–H groups in total. The van der Waals surface area contributed by atoms with Crippen LogP contribution in [0.4, 0.5) is 16.2 Å². The minimum Gasteiger partial charge on any atom is -0.399 e. The first-order chi connectivity index (χ1) is 12.9. The number of nitrogens with zero attached hydrogens (tertiary/aromatic N) is 1. The molecule has 3 aromatic rings. The summed E-state index contributed by atoms with van der Waals surface area (Å²) in [7, 11) is 0. The molecule has 0 aliphatic carbocycles. The molecule has 1 heterocycles. The van der Waals surface area contributed by atoms with Gasteiger partial charge in [-0.05, 0) is 54.1 Å². The van der Waals surface area contributed by atoms with E-state index in [2.05, 4.69) is 28.2 Å². The number of nitrogens with two attached hydrogens (primary N) is 1. The van der Waals surface area contributed by atoms with Gasteiger partial charge >= 0.3 is 6.03 Å². The third-order valence-electron chi connectivity index (χ3n) is 3.25. The van der Waals surface area contributed by atoms with Crippen molar-refractivity contribution in [1.29, 1.82) is 0 Å². The minimum absolute atomic E-state index is 0.261. The van der Waals surface area contributed by atoms with Crippen LogP contribution in [-0.4, -0.2) is 11.0 Å². The number of nitrogen functional groups attached to an aromatic ring is 1.